The predicted molar refractivity (Wildman–Crippen MR) is 94.3 cm³/mol. The SMILES string of the molecule is C#CCSc1nn([C@@H]2O[C@H](COS(N)(=O)=O)[C@@H](O)[C@H]2O)c2ncnc(N)c12. The van der Waals surface area contributed by atoms with Gasteiger partial charge in [-0.05, 0) is 0 Å². The number of rotatable bonds is 6. The van der Waals surface area contributed by atoms with Crippen molar-refractivity contribution in [2.24, 2.45) is 5.14 Å². The molecule has 2 aromatic heterocycles. The topological polar surface area (TPSA) is 189 Å². The van der Waals surface area contributed by atoms with Crippen LogP contribution in [0.1, 0.15) is 6.23 Å². The van der Waals surface area contributed by atoms with E-state index in [4.69, 9.17) is 22.0 Å². The molecule has 0 spiro atoms. The second-order valence-corrected chi connectivity index (χ2v) is 7.71. The van der Waals surface area contributed by atoms with Crippen molar-refractivity contribution in [1.82, 2.24) is 19.7 Å². The third kappa shape index (κ3) is 3.99. The molecule has 1 aliphatic rings. The lowest BCUT2D eigenvalue weighted by Crippen LogP contribution is -2.35. The molecule has 0 amide bonds. The van der Waals surface area contributed by atoms with Crippen LogP contribution >= 0.6 is 11.8 Å². The van der Waals surface area contributed by atoms with Crippen molar-refractivity contribution in [3.63, 3.8) is 0 Å². The van der Waals surface area contributed by atoms with E-state index in [2.05, 4.69) is 25.2 Å². The molecule has 0 saturated carbocycles. The minimum Gasteiger partial charge on any atom is -0.387 e. The molecule has 0 bridgehead atoms. The highest BCUT2D eigenvalue weighted by atomic mass is 32.2. The first-order valence-electron chi connectivity index (χ1n) is 7.46. The third-order valence-electron chi connectivity index (χ3n) is 3.75. The predicted octanol–water partition coefficient (Wildman–Crippen LogP) is -2.03. The number of thioether (sulfide) groups is 1. The number of hydrogen-bond acceptors (Lipinski definition) is 11. The van der Waals surface area contributed by atoms with E-state index < -0.39 is 41.5 Å². The Balaban J connectivity index is 1.95. The van der Waals surface area contributed by atoms with Crippen molar-refractivity contribution in [2.75, 3.05) is 18.1 Å². The molecule has 4 atom stereocenters. The van der Waals surface area contributed by atoms with Crippen LogP contribution in [0.3, 0.4) is 0 Å². The summed E-state index contributed by atoms with van der Waals surface area (Å²) in [6.45, 7) is -0.581. The lowest BCUT2D eigenvalue weighted by Gasteiger charge is -2.15. The Morgan fingerprint density at radius 3 is 2.81 bits per heavy atom. The van der Waals surface area contributed by atoms with Crippen LogP contribution in [0, 0.1) is 12.3 Å². The van der Waals surface area contributed by atoms with E-state index in [0.717, 1.165) is 0 Å². The number of fused-ring (bicyclic) bond motifs is 1. The number of nitrogens with zero attached hydrogens (tertiary/aromatic N) is 4. The molecule has 3 rings (SSSR count). The molecule has 1 aliphatic heterocycles. The van der Waals surface area contributed by atoms with E-state index in [1.54, 1.807) is 0 Å². The van der Waals surface area contributed by atoms with Crippen molar-refractivity contribution >= 4 is 38.9 Å². The molecule has 12 nitrogen and oxygen atoms in total. The smallest absolute Gasteiger partial charge is 0.333 e. The van der Waals surface area contributed by atoms with E-state index in [0.29, 0.717) is 16.2 Å². The fourth-order valence-electron chi connectivity index (χ4n) is 2.58. The van der Waals surface area contributed by atoms with Gasteiger partial charge >= 0.3 is 10.3 Å². The minimum absolute atomic E-state index is 0.160. The van der Waals surface area contributed by atoms with Crippen LogP contribution in [-0.2, 0) is 19.2 Å². The summed E-state index contributed by atoms with van der Waals surface area (Å²) in [4.78, 5) is 8.03. The number of aliphatic hydroxyl groups excluding tert-OH is 2. The summed E-state index contributed by atoms with van der Waals surface area (Å²) in [5.74, 6) is 2.93. The maximum Gasteiger partial charge on any atom is 0.333 e. The second kappa shape index (κ2) is 7.56. The maximum atomic E-state index is 10.9. The molecule has 27 heavy (non-hydrogen) atoms. The number of ether oxygens (including phenoxy) is 1. The van der Waals surface area contributed by atoms with Gasteiger partial charge in [0.25, 0.3) is 0 Å². The lowest BCUT2D eigenvalue weighted by molar-refractivity contribution is -0.0531. The Hall–Kier alpha value is -1.99. The van der Waals surface area contributed by atoms with Crippen LogP contribution < -0.4 is 10.9 Å². The van der Waals surface area contributed by atoms with Gasteiger partial charge in [-0.1, -0.05) is 17.7 Å². The molecular formula is C13H16N6O6S2. The standard InChI is InChI=1S/C13H16N6O6S2/c1-2-3-26-12-7-10(14)16-5-17-11(7)19(18-12)13-9(21)8(20)6(25-13)4-24-27(15,22)23/h1,5-6,8-9,13,20-21H,3-4H2,(H2,14,16,17)(H2,15,22,23)/t6-,8-,9-,13-/m1/s1. The zero-order valence-corrected chi connectivity index (χ0v) is 15.3. The average molecular weight is 416 g/mol. The van der Waals surface area contributed by atoms with Gasteiger partial charge in [-0.2, -0.15) is 13.5 Å². The van der Waals surface area contributed by atoms with E-state index in [9.17, 15) is 18.6 Å². The normalized spacial score (nSPS) is 25.7. The van der Waals surface area contributed by atoms with Crippen molar-refractivity contribution in [2.45, 2.75) is 29.6 Å². The van der Waals surface area contributed by atoms with Crippen LogP contribution in [0.4, 0.5) is 5.82 Å². The maximum absolute atomic E-state index is 10.9. The molecule has 0 aromatic carbocycles. The highest BCUT2D eigenvalue weighted by molar-refractivity contribution is 7.99. The monoisotopic (exact) mass is 416 g/mol. The molecule has 3 heterocycles. The van der Waals surface area contributed by atoms with Gasteiger partial charge in [0.15, 0.2) is 11.9 Å². The van der Waals surface area contributed by atoms with Crippen LogP contribution in [0.25, 0.3) is 11.0 Å². The minimum atomic E-state index is -4.24. The summed E-state index contributed by atoms with van der Waals surface area (Å²) >= 11 is 1.21. The number of terminal acetylenes is 1. The molecule has 0 radical (unpaired) electrons. The molecule has 0 aliphatic carbocycles. The van der Waals surface area contributed by atoms with Crippen LogP contribution in [-0.4, -0.2) is 69.1 Å². The largest absolute Gasteiger partial charge is 0.387 e. The molecule has 0 unspecified atom stereocenters. The van der Waals surface area contributed by atoms with Gasteiger partial charge in [-0.3, -0.25) is 4.18 Å². The summed E-state index contributed by atoms with van der Waals surface area (Å²) in [5, 5.41) is 30.4. The molecular weight excluding hydrogens is 400 g/mol. The number of anilines is 1. The first-order chi connectivity index (χ1) is 12.7. The van der Waals surface area contributed by atoms with Gasteiger partial charge in [0.1, 0.15) is 35.5 Å². The van der Waals surface area contributed by atoms with E-state index >= 15 is 0 Å². The lowest BCUT2D eigenvalue weighted by atomic mass is 10.1. The Morgan fingerprint density at radius 2 is 2.15 bits per heavy atom. The van der Waals surface area contributed by atoms with Crippen LogP contribution in [0.15, 0.2) is 11.4 Å². The van der Waals surface area contributed by atoms with Crippen molar-refractivity contribution in [3.05, 3.63) is 6.33 Å². The zero-order chi connectivity index (χ0) is 19.8. The first-order valence-corrected chi connectivity index (χ1v) is 9.92. The second-order valence-electron chi connectivity index (χ2n) is 5.52. The number of nitrogens with two attached hydrogens (primary N) is 2. The van der Waals surface area contributed by atoms with Crippen molar-refractivity contribution in [3.8, 4) is 12.3 Å². The highest BCUT2D eigenvalue weighted by Crippen LogP contribution is 2.35. The van der Waals surface area contributed by atoms with Gasteiger partial charge in [0.05, 0.1) is 17.7 Å². The van der Waals surface area contributed by atoms with Gasteiger partial charge in [0, 0.05) is 0 Å². The van der Waals surface area contributed by atoms with Crippen molar-refractivity contribution in [1.29, 1.82) is 0 Å². The molecule has 14 heteroatoms. The van der Waals surface area contributed by atoms with Crippen LogP contribution in [0.5, 0.6) is 0 Å². The van der Waals surface area contributed by atoms with Crippen molar-refractivity contribution < 1.29 is 27.6 Å². The zero-order valence-electron chi connectivity index (χ0n) is 13.7. The van der Waals surface area contributed by atoms with E-state index in [1.165, 1.54) is 22.8 Å². The summed E-state index contributed by atoms with van der Waals surface area (Å²) in [5.41, 5.74) is 6.16. The third-order valence-corrected chi connectivity index (χ3v) is 5.09. The number of hydrogen-bond donors (Lipinski definition) is 4. The van der Waals surface area contributed by atoms with Crippen LogP contribution in [0.2, 0.25) is 0 Å². The van der Waals surface area contributed by atoms with E-state index in [1.807, 2.05) is 0 Å². The Kier molecular flexibility index (Phi) is 5.53. The first kappa shape index (κ1) is 19.8. The fraction of sp³-hybridized carbons (Fsp3) is 0.462. The van der Waals surface area contributed by atoms with E-state index in [-0.39, 0.29) is 11.5 Å². The van der Waals surface area contributed by atoms with Gasteiger partial charge in [-0.25, -0.2) is 19.8 Å². The number of aromatic nitrogens is 4. The molecule has 2 aromatic rings. The fourth-order valence-corrected chi connectivity index (χ4v) is 3.61. The average Bonchev–Trinajstić information content (AvgIpc) is 3.10. The molecule has 1 saturated heterocycles. The summed E-state index contributed by atoms with van der Waals surface area (Å²) in [6, 6.07) is 0. The van der Waals surface area contributed by atoms with Gasteiger partial charge < -0.3 is 20.7 Å². The van der Waals surface area contributed by atoms with Gasteiger partial charge in [0.2, 0.25) is 0 Å². The van der Waals surface area contributed by atoms with Gasteiger partial charge in [-0.15, -0.1) is 6.42 Å². The number of nitrogen functional groups attached to an aromatic ring is 1. The summed E-state index contributed by atoms with van der Waals surface area (Å²) in [6.07, 6.45) is 1.26. The Labute approximate surface area is 158 Å². The Bertz CT molecular complexity index is 989. The summed E-state index contributed by atoms with van der Waals surface area (Å²) in [7, 11) is -4.24. The molecule has 6 N–H and O–H groups in total. The Morgan fingerprint density at radius 1 is 1.41 bits per heavy atom. The quantitative estimate of drug-likeness (QED) is 0.300. The molecule has 146 valence electrons. The molecule has 1 fully saturated rings. The number of aliphatic hydroxyl groups is 2. The summed E-state index contributed by atoms with van der Waals surface area (Å²) < 4.78 is 33.1. The highest BCUT2D eigenvalue weighted by Gasteiger charge is 2.45.